The van der Waals surface area contributed by atoms with Gasteiger partial charge in [-0.25, -0.2) is 4.79 Å². The van der Waals surface area contributed by atoms with Gasteiger partial charge in [-0.3, -0.25) is 4.79 Å². The van der Waals surface area contributed by atoms with Gasteiger partial charge in [-0.05, 0) is 29.1 Å². The van der Waals surface area contributed by atoms with E-state index >= 15 is 0 Å². The Morgan fingerprint density at radius 1 is 1.23 bits per heavy atom. The maximum atomic E-state index is 13.6. The molecule has 0 bridgehead atoms. The number of thiophene rings is 1. The van der Waals surface area contributed by atoms with Gasteiger partial charge >= 0.3 is 12.2 Å². The van der Waals surface area contributed by atoms with Gasteiger partial charge in [0.1, 0.15) is 0 Å². The largest absolute Gasteiger partial charge is 0.416 e. The number of halogens is 3. The van der Waals surface area contributed by atoms with Crippen molar-refractivity contribution in [3.05, 3.63) is 51.7 Å². The van der Waals surface area contributed by atoms with Crippen LogP contribution >= 0.6 is 11.3 Å². The van der Waals surface area contributed by atoms with E-state index in [1.165, 1.54) is 17.4 Å². The Labute approximate surface area is 181 Å². The van der Waals surface area contributed by atoms with E-state index in [2.05, 4.69) is 10.6 Å². The fraction of sp³-hybridized carbons (Fsp3) is 0.400. The van der Waals surface area contributed by atoms with Crippen LogP contribution in [0.3, 0.4) is 0 Å². The summed E-state index contributed by atoms with van der Waals surface area (Å²) in [5, 5.41) is 6.79. The van der Waals surface area contributed by atoms with Crippen molar-refractivity contribution in [2.45, 2.75) is 25.2 Å². The Morgan fingerprint density at radius 3 is 2.58 bits per heavy atom. The van der Waals surface area contributed by atoms with Gasteiger partial charge in [-0.15, -0.1) is 11.3 Å². The number of hydrogen-bond donors (Lipinski definition) is 3. The zero-order valence-corrected chi connectivity index (χ0v) is 17.4. The van der Waals surface area contributed by atoms with E-state index in [0.29, 0.717) is 32.0 Å². The van der Waals surface area contributed by atoms with E-state index < -0.39 is 29.7 Å². The number of amides is 3. The molecule has 3 amide bonds. The second kappa shape index (κ2) is 10.0. The number of primary amides is 1. The summed E-state index contributed by atoms with van der Waals surface area (Å²) in [4.78, 5) is 26.2. The van der Waals surface area contributed by atoms with Crippen molar-refractivity contribution < 1.29 is 27.5 Å². The van der Waals surface area contributed by atoms with E-state index in [-0.39, 0.29) is 18.5 Å². The summed E-state index contributed by atoms with van der Waals surface area (Å²) in [7, 11) is 0. The fourth-order valence-electron chi connectivity index (χ4n) is 3.34. The molecule has 1 aromatic carbocycles. The molecule has 31 heavy (non-hydrogen) atoms. The molecule has 1 aliphatic heterocycles. The minimum absolute atomic E-state index is 0.0339. The van der Waals surface area contributed by atoms with Crippen LogP contribution in [0.4, 0.5) is 23.7 Å². The fourth-order valence-corrected chi connectivity index (χ4v) is 4.11. The van der Waals surface area contributed by atoms with Crippen LogP contribution in [-0.2, 0) is 22.3 Å². The number of carbonyl (C=O) groups excluding carboxylic acids is 2. The third-order valence-corrected chi connectivity index (χ3v) is 5.83. The number of nitrogens with one attached hydrogen (secondary N) is 2. The van der Waals surface area contributed by atoms with Crippen molar-refractivity contribution in [3.8, 4) is 0 Å². The van der Waals surface area contributed by atoms with Crippen LogP contribution in [0.2, 0.25) is 0 Å². The molecule has 1 aromatic heterocycles. The molecular formula is C20H23F3N4O3S. The van der Waals surface area contributed by atoms with Gasteiger partial charge in [0.2, 0.25) is 5.91 Å². The third-order valence-electron chi connectivity index (χ3n) is 4.84. The van der Waals surface area contributed by atoms with Gasteiger partial charge in [0.05, 0.1) is 31.2 Å². The summed E-state index contributed by atoms with van der Waals surface area (Å²) in [6.07, 6.45) is -4.70. The number of anilines is 1. The van der Waals surface area contributed by atoms with E-state index in [4.69, 9.17) is 10.5 Å². The molecule has 1 unspecified atom stereocenters. The molecule has 1 saturated heterocycles. The van der Waals surface area contributed by atoms with Gasteiger partial charge in [0.15, 0.2) is 0 Å². The molecule has 1 atom stereocenters. The van der Waals surface area contributed by atoms with Crippen molar-refractivity contribution in [1.82, 2.24) is 10.6 Å². The lowest BCUT2D eigenvalue weighted by Crippen LogP contribution is -2.37. The maximum Gasteiger partial charge on any atom is 0.416 e. The Kier molecular flexibility index (Phi) is 7.39. The Morgan fingerprint density at radius 2 is 1.97 bits per heavy atom. The average Bonchev–Trinajstić information content (AvgIpc) is 3.26. The van der Waals surface area contributed by atoms with E-state index in [0.717, 1.165) is 10.9 Å². The molecule has 7 nitrogen and oxygen atoms in total. The zero-order chi connectivity index (χ0) is 22.4. The Balaban J connectivity index is 1.69. The van der Waals surface area contributed by atoms with Gasteiger partial charge in [0, 0.05) is 30.2 Å². The van der Waals surface area contributed by atoms with Crippen LogP contribution in [0.1, 0.15) is 28.5 Å². The molecule has 2 heterocycles. The first kappa shape index (κ1) is 22.9. The Hall–Kier alpha value is -2.79. The quantitative estimate of drug-likeness (QED) is 0.597. The average molecular weight is 456 g/mol. The molecule has 0 spiro atoms. The molecule has 0 radical (unpaired) electrons. The lowest BCUT2D eigenvalue weighted by atomic mass is 10.0. The summed E-state index contributed by atoms with van der Waals surface area (Å²) < 4.78 is 46.2. The molecule has 1 aliphatic rings. The maximum absolute atomic E-state index is 13.6. The van der Waals surface area contributed by atoms with Crippen LogP contribution < -0.4 is 21.3 Å². The first-order chi connectivity index (χ1) is 14.7. The summed E-state index contributed by atoms with van der Waals surface area (Å²) in [5.74, 6) is -0.502. The zero-order valence-electron chi connectivity index (χ0n) is 16.6. The van der Waals surface area contributed by atoms with E-state index in [1.807, 2.05) is 4.90 Å². The molecule has 3 rings (SSSR count). The van der Waals surface area contributed by atoms with Crippen molar-refractivity contribution in [1.29, 1.82) is 0 Å². The number of benzene rings is 1. The smallest absolute Gasteiger partial charge is 0.378 e. The minimum Gasteiger partial charge on any atom is -0.378 e. The van der Waals surface area contributed by atoms with Crippen LogP contribution in [-0.4, -0.2) is 38.2 Å². The highest BCUT2D eigenvalue weighted by Crippen LogP contribution is 2.35. The van der Waals surface area contributed by atoms with Crippen molar-refractivity contribution in [3.63, 3.8) is 0 Å². The molecule has 1 fully saturated rings. The second-order valence-corrected chi connectivity index (χ2v) is 7.98. The summed E-state index contributed by atoms with van der Waals surface area (Å²) in [6, 6.07) is 6.17. The molecule has 0 saturated carbocycles. The molecule has 11 heteroatoms. The van der Waals surface area contributed by atoms with Crippen LogP contribution in [0, 0.1) is 0 Å². The Bertz CT molecular complexity index is 900. The van der Waals surface area contributed by atoms with Crippen LogP contribution in [0.25, 0.3) is 0 Å². The number of nitrogens with zero attached hydrogens (tertiary/aromatic N) is 1. The van der Waals surface area contributed by atoms with E-state index in [9.17, 15) is 22.8 Å². The topological polar surface area (TPSA) is 96.7 Å². The first-order valence-corrected chi connectivity index (χ1v) is 10.5. The predicted molar refractivity (Wildman–Crippen MR) is 111 cm³/mol. The van der Waals surface area contributed by atoms with Gasteiger partial charge in [-0.2, -0.15) is 13.2 Å². The lowest BCUT2D eigenvalue weighted by Gasteiger charge is -2.29. The normalized spacial score (nSPS) is 15.4. The van der Waals surface area contributed by atoms with Crippen molar-refractivity contribution in [2.75, 3.05) is 31.2 Å². The molecular weight excluding hydrogens is 433 g/mol. The van der Waals surface area contributed by atoms with Gasteiger partial charge < -0.3 is 26.0 Å². The number of ether oxygens (including phenoxy) is 1. The van der Waals surface area contributed by atoms with Gasteiger partial charge in [0.25, 0.3) is 0 Å². The summed E-state index contributed by atoms with van der Waals surface area (Å²) in [6.45, 7) is 1.67. The molecule has 168 valence electrons. The van der Waals surface area contributed by atoms with Crippen LogP contribution in [0.5, 0.6) is 0 Å². The van der Waals surface area contributed by atoms with Crippen LogP contribution in [0.15, 0.2) is 35.7 Å². The summed E-state index contributed by atoms with van der Waals surface area (Å²) in [5.41, 5.74) is 4.81. The first-order valence-electron chi connectivity index (χ1n) is 9.63. The number of morpholine rings is 1. The summed E-state index contributed by atoms with van der Waals surface area (Å²) >= 11 is 1.34. The predicted octanol–water partition coefficient (Wildman–Crippen LogP) is 3.02. The number of alkyl halides is 3. The number of nitrogens with two attached hydrogens (primary N) is 1. The lowest BCUT2D eigenvalue weighted by molar-refractivity contribution is -0.138. The molecule has 0 aliphatic carbocycles. The number of hydrogen-bond acceptors (Lipinski definition) is 5. The number of urea groups is 1. The second-order valence-electron chi connectivity index (χ2n) is 7.00. The number of carbonyl (C=O) groups is 2. The number of rotatable bonds is 7. The highest BCUT2D eigenvalue weighted by molar-refractivity contribution is 7.10. The monoisotopic (exact) mass is 456 g/mol. The SMILES string of the molecule is NC(=O)NC(CC(=O)NCc1ccc(N2CCOCC2)cc1C(F)(F)F)c1cccs1. The molecule has 4 N–H and O–H groups in total. The highest BCUT2D eigenvalue weighted by Gasteiger charge is 2.34. The highest BCUT2D eigenvalue weighted by atomic mass is 32.1. The van der Waals surface area contributed by atoms with Crippen molar-refractivity contribution >= 4 is 29.0 Å². The minimum atomic E-state index is -4.56. The van der Waals surface area contributed by atoms with Gasteiger partial charge in [-0.1, -0.05) is 12.1 Å². The van der Waals surface area contributed by atoms with Crippen molar-refractivity contribution in [2.24, 2.45) is 5.73 Å². The third kappa shape index (κ3) is 6.34. The standard InChI is InChI=1S/C20H23F3N4O3S/c21-20(22,23)15-10-14(27-5-7-30-8-6-27)4-3-13(15)12-25-18(28)11-16(26-19(24)29)17-2-1-9-31-17/h1-4,9-10,16H,5-8,11-12H2,(H,25,28)(H3,24,26,29). The van der Waals surface area contributed by atoms with E-state index in [1.54, 1.807) is 23.6 Å². The molecule has 2 aromatic rings.